The van der Waals surface area contributed by atoms with Crippen LogP contribution in [0.3, 0.4) is 0 Å². The number of aromatic nitrogens is 3. The maximum absolute atomic E-state index is 4.39. The van der Waals surface area contributed by atoms with Gasteiger partial charge < -0.3 is 15.2 Å². The molecule has 0 spiro atoms. The lowest BCUT2D eigenvalue weighted by Crippen LogP contribution is -2.45. The van der Waals surface area contributed by atoms with E-state index >= 15 is 0 Å². The monoisotopic (exact) mass is 514 g/mol. The van der Waals surface area contributed by atoms with Crippen molar-refractivity contribution in [2.24, 2.45) is 4.99 Å². The van der Waals surface area contributed by atoms with Crippen LogP contribution < -0.4 is 10.6 Å². The van der Waals surface area contributed by atoms with Gasteiger partial charge in [0.05, 0.1) is 0 Å². The van der Waals surface area contributed by atoms with Crippen molar-refractivity contribution in [2.45, 2.75) is 55.2 Å². The van der Waals surface area contributed by atoms with Crippen molar-refractivity contribution in [2.75, 3.05) is 20.1 Å². The maximum atomic E-state index is 4.39. The molecule has 0 bridgehead atoms. The molecule has 0 radical (unpaired) electrons. The predicted octanol–water partition coefficient (Wildman–Crippen LogP) is 3.73. The van der Waals surface area contributed by atoms with Gasteiger partial charge in [0.2, 0.25) is 0 Å². The van der Waals surface area contributed by atoms with Gasteiger partial charge >= 0.3 is 0 Å². The third-order valence-electron chi connectivity index (χ3n) is 5.05. The molecule has 1 saturated carbocycles. The number of nitrogens with zero attached hydrogens (tertiary/aromatic N) is 4. The Kier molecular flexibility index (Phi) is 9.57. The minimum Gasteiger partial charge on any atom is -0.355 e. The number of aliphatic imine (C=N–C) groups is 1. The second kappa shape index (κ2) is 11.6. The van der Waals surface area contributed by atoms with Gasteiger partial charge in [0.15, 0.2) is 5.96 Å². The molecule has 1 aliphatic rings. The Balaban J connectivity index is 0.00000280. The van der Waals surface area contributed by atoms with Gasteiger partial charge in [0.1, 0.15) is 12.2 Å². The third-order valence-corrected chi connectivity index (χ3v) is 6.54. The van der Waals surface area contributed by atoms with Crippen LogP contribution >= 0.6 is 35.7 Å². The van der Waals surface area contributed by atoms with Crippen LogP contribution in [0.2, 0.25) is 0 Å². The first kappa shape index (κ1) is 23.0. The van der Waals surface area contributed by atoms with Crippen LogP contribution in [0.4, 0.5) is 0 Å². The van der Waals surface area contributed by atoms with E-state index in [4.69, 9.17) is 0 Å². The highest BCUT2D eigenvalue weighted by Gasteiger charge is 2.35. The van der Waals surface area contributed by atoms with E-state index < -0.39 is 0 Å². The van der Waals surface area contributed by atoms with Crippen molar-refractivity contribution in [1.29, 1.82) is 0 Å². The van der Waals surface area contributed by atoms with Crippen molar-refractivity contribution in [3.63, 3.8) is 0 Å². The molecule has 0 saturated heterocycles. The van der Waals surface area contributed by atoms with E-state index in [0.29, 0.717) is 0 Å². The molecule has 0 amide bonds. The summed E-state index contributed by atoms with van der Waals surface area (Å²) in [7, 11) is 1.83. The fraction of sp³-hybridized carbons (Fsp3) is 0.550. The molecule has 1 fully saturated rings. The zero-order valence-corrected chi connectivity index (χ0v) is 19.9. The highest BCUT2D eigenvalue weighted by Crippen LogP contribution is 2.44. The Bertz CT molecular complexity index is 727. The van der Waals surface area contributed by atoms with Gasteiger partial charge in [-0.1, -0.05) is 38.0 Å². The Morgan fingerprint density at radius 3 is 2.64 bits per heavy atom. The molecule has 2 aromatic rings. The number of nitrogens with one attached hydrogen (secondary N) is 2. The molecular formula is C20H31IN6S. The van der Waals surface area contributed by atoms with Crippen LogP contribution in [0, 0.1) is 0 Å². The first-order valence-electron chi connectivity index (χ1n) is 9.80. The van der Waals surface area contributed by atoms with Gasteiger partial charge in [-0.3, -0.25) is 4.99 Å². The van der Waals surface area contributed by atoms with E-state index in [9.17, 15) is 0 Å². The molecule has 8 heteroatoms. The van der Waals surface area contributed by atoms with Crippen LogP contribution in [0.5, 0.6) is 0 Å². The zero-order chi connectivity index (χ0) is 19.0. The molecule has 0 aliphatic heterocycles. The maximum Gasteiger partial charge on any atom is 0.191 e. The van der Waals surface area contributed by atoms with Gasteiger partial charge in [-0.2, -0.15) is 0 Å². The zero-order valence-electron chi connectivity index (χ0n) is 16.7. The van der Waals surface area contributed by atoms with Gasteiger partial charge in [-0.15, -0.1) is 45.9 Å². The third kappa shape index (κ3) is 6.37. The summed E-state index contributed by atoms with van der Waals surface area (Å²) in [6, 6.07) is 10.7. The summed E-state index contributed by atoms with van der Waals surface area (Å²) in [4.78, 5) is 5.74. The van der Waals surface area contributed by atoms with E-state index in [1.54, 1.807) is 6.33 Å². The quantitative estimate of drug-likeness (QED) is 0.319. The Morgan fingerprint density at radius 2 is 1.96 bits per heavy atom. The summed E-state index contributed by atoms with van der Waals surface area (Å²) in [5.41, 5.74) is 0. The largest absolute Gasteiger partial charge is 0.355 e. The molecule has 1 aromatic heterocycles. The summed E-state index contributed by atoms with van der Waals surface area (Å²) >= 11 is 2.01. The molecule has 2 N–H and O–H groups in total. The van der Waals surface area contributed by atoms with E-state index in [0.717, 1.165) is 37.8 Å². The predicted molar refractivity (Wildman–Crippen MR) is 128 cm³/mol. The Morgan fingerprint density at radius 1 is 1.21 bits per heavy atom. The molecule has 6 nitrogen and oxygen atoms in total. The van der Waals surface area contributed by atoms with Gasteiger partial charge in [0, 0.05) is 42.7 Å². The number of benzene rings is 1. The van der Waals surface area contributed by atoms with Crippen molar-refractivity contribution in [3.8, 4) is 0 Å². The second-order valence-corrected chi connectivity index (χ2v) is 8.49. The van der Waals surface area contributed by atoms with Crippen LogP contribution in [-0.2, 0) is 13.0 Å². The molecule has 154 valence electrons. The minimum atomic E-state index is 0. The molecular weight excluding hydrogens is 483 g/mol. The molecule has 1 aliphatic carbocycles. The molecule has 3 rings (SSSR count). The lowest BCUT2D eigenvalue weighted by Gasteiger charge is -2.29. The highest BCUT2D eigenvalue weighted by molar-refractivity contribution is 14.0. The number of guanidine groups is 1. The van der Waals surface area contributed by atoms with Crippen LogP contribution in [0.15, 0.2) is 46.5 Å². The summed E-state index contributed by atoms with van der Waals surface area (Å²) in [6.07, 6.45) is 7.79. The lowest BCUT2D eigenvalue weighted by molar-refractivity contribution is 0.576. The van der Waals surface area contributed by atoms with E-state index in [1.807, 2.05) is 18.8 Å². The van der Waals surface area contributed by atoms with Gasteiger partial charge in [-0.25, -0.2) is 0 Å². The van der Waals surface area contributed by atoms with Crippen molar-refractivity contribution in [3.05, 3.63) is 42.5 Å². The summed E-state index contributed by atoms with van der Waals surface area (Å²) < 4.78 is 2.34. The van der Waals surface area contributed by atoms with Crippen LogP contribution in [0.25, 0.3) is 0 Å². The topological polar surface area (TPSA) is 67.1 Å². The Hall–Kier alpha value is -1.29. The van der Waals surface area contributed by atoms with E-state index in [2.05, 4.69) is 67.6 Å². The fourth-order valence-electron chi connectivity index (χ4n) is 3.57. The number of rotatable bonds is 8. The molecule has 0 atom stereocenters. The molecule has 28 heavy (non-hydrogen) atoms. The van der Waals surface area contributed by atoms with Crippen molar-refractivity contribution < 1.29 is 0 Å². The standard InChI is InChI=1S/C20H30N6S.HI/c1-3-18-25-24-16-26(18)14-13-22-19(21-2)23-15-20(11-7-8-12-20)27-17-9-5-4-6-10-17;/h4-6,9-10,16H,3,7-8,11-15H2,1-2H3,(H2,21,22,23);1H. The fourth-order valence-corrected chi connectivity index (χ4v) is 5.00. The average molecular weight is 514 g/mol. The Labute approximate surface area is 189 Å². The second-order valence-electron chi connectivity index (χ2n) is 6.95. The minimum absolute atomic E-state index is 0. The van der Waals surface area contributed by atoms with Gasteiger partial charge in [0.25, 0.3) is 0 Å². The number of hydrogen-bond donors (Lipinski definition) is 2. The van der Waals surface area contributed by atoms with Crippen LogP contribution in [-0.4, -0.2) is 45.6 Å². The summed E-state index contributed by atoms with van der Waals surface area (Å²) in [6.45, 7) is 4.66. The van der Waals surface area contributed by atoms with E-state index in [1.165, 1.54) is 30.6 Å². The molecule has 1 heterocycles. The van der Waals surface area contributed by atoms with Crippen molar-refractivity contribution in [1.82, 2.24) is 25.4 Å². The van der Waals surface area contributed by atoms with Gasteiger partial charge in [-0.05, 0) is 25.0 Å². The smallest absolute Gasteiger partial charge is 0.191 e. The SMILES string of the molecule is CCc1nncn1CCNC(=NC)NCC1(Sc2ccccc2)CCCC1.I. The lowest BCUT2D eigenvalue weighted by atomic mass is 10.1. The van der Waals surface area contributed by atoms with E-state index in [-0.39, 0.29) is 28.7 Å². The number of halogens is 1. The number of aryl methyl sites for hydroxylation is 1. The molecule has 1 aromatic carbocycles. The average Bonchev–Trinajstić information content (AvgIpc) is 3.35. The highest BCUT2D eigenvalue weighted by atomic mass is 127. The molecule has 0 unspecified atom stereocenters. The number of thioether (sulfide) groups is 1. The van der Waals surface area contributed by atoms with Crippen LogP contribution in [0.1, 0.15) is 38.4 Å². The summed E-state index contributed by atoms with van der Waals surface area (Å²) in [5, 5.41) is 15.1. The van der Waals surface area contributed by atoms with Crippen molar-refractivity contribution >= 4 is 41.7 Å². The summed E-state index contributed by atoms with van der Waals surface area (Å²) in [5.74, 6) is 1.88. The first-order chi connectivity index (χ1) is 13.2. The number of hydrogen-bond acceptors (Lipinski definition) is 4. The normalized spacial score (nSPS) is 15.9. The first-order valence-corrected chi connectivity index (χ1v) is 10.6.